The van der Waals surface area contributed by atoms with Gasteiger partial charge in [0.1, 0.15) is 0 Å². The van der Waals surface area contributed by atoms with E-state index in [2.05, 4.69) is 5.16 Å². The summed E-state index contributed by atoms with van der Waals surface area (Å²) in [5, 5.41) is 3.52. The lowest BCUT2D eigenvalue weighted by Crippen LogP contribution is -2.36. The molecule has 1 aromatic heterocycles. The molecule has 0 spiro atoms. The van der Waals surface area contributed by atoms with Gasteiger partial charge in [0.25, 0.3) is 10.0 Å². The van der Waals surface area contributed by atoms with E-state index in [0.29, 0.717) is 19.5 Å². The van der Waals surface area contributed by atoms with E-state index < -0.39 is 10.0 Å². The zero-order valence-corrected chi connectivity index (χ0v) is 11.9. The van der Waals surface area contributed by atoms with E-state index in [0.717, 1.165) is 5.56 Å². The Balaban J connectivity index is 1.99. The van der Waals surface area contributed by atoms with Gasteiger partial charge in [0.2, 0.25) is 0 Å². The summed E-state index contributed by atoms with van der Waals surface area (Å²) in [6.07, 6.45) is 0.694. The van der Waals surface area contributed by atoms with Gasteiger partial charge in [-0.3, -0.25) is 0 Å². The fourth-order valence-corrected chi connectivity index (χ4v) is 4.10. The van der Waals surface area contributed by atoms with Crippen molar-refractivity contribution >= 4 is 15.8 Å². The van der Waals surface area contributed by atoms with Crippen molar-refractivity contribution in [2.24, 2.45) is 0 Å². The molecule has 0 radical (unpaired) electrons. The molecule has 2 N–H and O–H groups in total. The maximum absolute atomic E-state index is 12.6. The predicted octanol–water partition coefficient (Wildman–Crippen LogP) is 1.31. The molecule has 1 aromatic carbocycles. The van der Waals surface area contributed by atoms with Gasteiger partial charge in [-0.1, -0.05) is 29.4 Å². The van der Waals surface area contributed by atoms with Crippen LogP contribution in [-0.4, -0.2) is 24.4 Å². The summed E-state index contributed by atoms with van der Waals surface area (Å²) in [4.78, 5) is -0.0168. The minimum atomic E-state index is -3.67. The van der Waals surface area contributed by atoms with Gasteiger partial charge < -0.3 is 10.3 Å². The first-order chi connectivity index (χ1) is 9.50. The van der Waals surface area contributed by atoms with E-state index in [9.17, 15) is 8.42 Å². The average molecular weight is 293 g/mol. The lowest BCUT2D eigenvalue weighted by molar-refractivity contribution is 0.383. The third-order valence-corrected chi connectivity index (χ3v) is 5.53. The molecule has 0 saturated heterocycles. The number of fused-ring (bicyclic) bond motifs is 1. The SMILES string of the molecule is Cc1onc(N)c1S(=O)(=O)N1CCc2ccccc2C1. The number of hydrogen-bond acceptors (Lipinski definition) is 5. The number of anilines is 1. The molecule has 0 bridgehead atoms. The van der Waals surface area contributed by atoms with Crippen LogP contribution in [0.15, 0.2) is 33.7 Å². The van der Waals surface area contributed by atoms with Gasteiger partial charge in [-0.05, 0) is 24.5 Å². The van der Waals surface area contributed by atoms with Crippen LogP contribution in [0.3, 0.4) is 0 Å². The summed E-state index contributed by atoms with van der Waals surface area (Å²) >= 11 is 0. The molecule has 0 fully saturated rings. The second kappa shape index (κ2) is 4.60. The van der Waals surface area contributed by atoms with E-state index in [-0.39, 0.29) is 16.5 Å². The van der Waals surface area contributed by atoms with Gasteiger partial charge in [0.05, 0.1) is 0 Å². The van der Waals surface area contributed by atoms with Crippen LogP contribution in [0.4, 0.5) is 5.82 Å². The van der Waals surface area contributed by atoms with Gasteiger partial charge in [-0.15, -0.1) is 0 Å². The first kappa shape index (κ1) is 13.1. The monoisotopic (exact) mass is 293 g/mol. The summed E-state index contributed by atoms with van der Waals surface area (Å²) in [5.41, 5.74) is 7.83. The van der Waals surface area contributed by atoms with E-state index in [4.69, 9.17) is 10.3 Å². The molecule has 1 aliphatic heterocycles. The van der Waals surface area contributed by atoms with E-state index in [1.165, 1.54) is 9.87 Å². The van der Waals surface area contributed by atoms with Crippen molar-refractivity contribution in [1.29, 1.82) is 0 Å². The largest absolute Gasteiger partial charge is 0.380 e. The predicted molar refractivity (Wildman–Crippen MR) is 73.4 cm³/mol. The number of hydrogen-bond donors (Lipinski definition) is 1. The molecule has 0 amide bonds. The molecular formula is C13H15N3O3S. The minimum absolute atomic E-state index is 0.0168. The summed E-state index contributed by atoms with van der Waals surface area (Å²) in [5.74, 6) is 0.141. The van der Waals surface area contributed by atoms with Crippen LogP contribution in [0.2, 0.25) is 0 Å². The van der Waals surface area contributed by atoms with Crippen molar-refractivity contribution < 1.29 is 12.9 Å². The standard InChI is InChI=1S/C13H15N3O3S/c1-9-12(13(14)15-19-9)20(17,18)16-7-6-10-4-2-3-5-11(10)8-16/h2-5H,6-8H2,1H3,(H2,14,15). The number of benzene rings is 1. The third-order valence-electron chi connectivity index (χ3n) is 3.53. The van der Waals surface area contributed by atoms with Crippen LogP contribution in [-0.2, 0) is 23.0 Å². The Morgan fingerprint density at radius 2 is 2.00 bits per heavy atom. The Kier molecular flexibility index (Phi) is 3.02. The number of rotatable bonds is 2. The highest BCUT2D eigenvalue weighted by Gasteiger charge is 2.33. The fourth-order valence-electron chi connectivity index (χ4n) is 2.50. The van der Waals surface area contributed by atoms with Crippen LogP contribution in [0.25, 0.3) is 0 Å². The number of nitrogen functional groups attached to an aromatic ring is 1. The van der Waals surface area contributed by atoms with E-state index in [1.807, 2.05) is 24.3 Å². The summed E-state index contributed by atoms with van der Waals surface area (Å²) in [6, 6.07) is 7.85. The highest BCUT2D eigenvalue weighted by molar-refractivity contribution is 7.89. The first-order valence-electron chi connectivity index (χ1n) is 6.29. The highest BCUT2D eigenvalue weighted by Crippen LogP contribution is 2.29. The molecule has 106 valence electrons. The Morgan fingerprint density at radius 1 is 1.30 bits per heavy atom. The zero-order valence-electron chi connectivity index (χ0n) is 11.0. The summed E-state index contributed by atoms with van der Waals surface area (Å²) in [6.45, 7) is 2.33. The molecule has 3 rings (SSSR count). The van der Waals surface area contributed by atoms with Crippen LogP contribution in [0, 0.1) is 6.92 Å². The lowest BCUT2D eigenvalue weighted by Gasteiger charge is -2.27. The number of nitrogens with zero attached hydrogens (tertiary/aromatic N) is 2. The maximum Gasteiger partial charge on any atom is 0.250 e. The summed E-state index contributed by atoms with van der Waals surface area (Å²) < 4.78 is 31.6. The molecule has 7 heteroatoms. The molecule has 20 heavy (non-hydrogen) atoms. The zero-order chi connectivity index (χ0) is 14.3. The lowest BCUT2D eigenvalue weighted by atomic mass is 10.0. The normalized spacial score (nSPS) is 16.1. The van der Waals surface area contributed by atoms with Crippen molar-refractivity contribution in [2.45, 2.75) is 24.8 Å². The van der Waals surface area contributed by atoms with Crippen molar-refractivity contribution in [2.75, 3.05) is 12.3 Å². The Labute approximate surface area is 117 Å². The highest BCUT2D eigenvalue weighted by atomic mass is 32.2. The summed E-state index contributed by atoms with van der Waals surface area (Å²) in [7, 11) is -3.67. The van der Waals surface area contributed by atoms with Gasteiger partial charge in [-0.25, -0.2) is 8.42 Å². The Morgan fingerprint density at radius 3 is 2.65 bits per heavy atom. The quantitative estimate of drug-likeness (QED) is 0.901. The van der Waals surface area contributed by atoms with Crippen LogP contribution in [0.5, 0.6) is 0 Å². The molecule has 1 aliphatic rings. The molecule has 2 aromatic rings. The van der Waals surface area contributed by atoms with Gasteiger partial charge in [0.15, 0.2) is 16.5 Å². The Bertz CT molecular complexity index is 732. The molecule has 6 nitrogen and oxygen atoms in total. The van der Waals surface area contributed by atoms with Crippen molar-refractivity contribution in [3.63, 3.8) is 0 Å². The molecule has 2 heterocycles. The number of nitrogens with two attached hydrogens (primary N) is 1. The van der Waals surface area contributed by atoms with Gasteiger partial charge >= 0.3 is 0 Å². The smallest absolute Gasteiger partial charge is 0.250 e. The molecule has 0 unspecified atom stereocenters. The third kappa shape index (κ3) is 1.99. The number of sulfonamides is 1. The van der Waals surface area contributed by atoms with Crippen molar-refractivity contribution in [3.05, 3.63) is 41.2 Å². The first-order valence-corrected chi connectivity index (χ1v) is 7.73. The number of aromatic nitrogens is 1. The van der Waals surface area contributed by atoms with Gasteiger partial charge in [0, 0.05) is 13.1 Å². The van der Waals surface area contributed by atoms with Crippen molar-refractivity contribution in [3.8, 4) is 0 Å². The van der Waals surface area contributed by atoms with Gasteiger partial charge in [-0.2, -0.15) is 4.31 Å². The van der Waals surface area contributed by atoms with E-state index in [1.54, 1.807) is 6.92 Å². The maximum atomic E-state index is 12.6. The molecular weight excluding hydrogens is 278 g/mol. The van der Waals surface area contributed by atoms with Crippen molar-refractivity contribution in [1.82, 2.24) is 9.46 Å². The molecule has 0 saturated carbocycles. The molecule has 0 atom stereocenters. The van der Waals surface area contributed by atoms with Crippen LogP contribution in [0.1, 0.15) is 16.9 Å². The number of aryl methyl sites for hydroxylation is 1. The topological polar surface area (TPSA) is 89.4 Å². The Hall–Kier alpha value is -1.86. The average Bonchev–Trinajstić information content (AvgIpc) is 2.78. The second-order valence-corrected chi connectivity index (χ2v) is 6.69. The van der Waals surface area contributed by atoms with Crippen LogP contribution >= 0.6 is 0 Å². The fraction of sp³-hybridized carbons (Fsp3) is 0.308. The van der Waals surface area contributed by atoms with Crippen LogP contribution < -0.4 is 5.73 Å². The van der Waals surface area contributed by atoms with E-state index >= 15 is 0 Å². The minimum Gasteiger partial charge on any atom is -0.380 e. The second-order valence-electron chi connectivity index (χ2n) is 4.81. The molecule has 0 aliphatic carbocycles.